The van der Waals surface area contributed by atoms with Crippen molar-refractivity contribution in [3.05, 3.63) is 10.5 Å². The van der Waals surface area contributed by atoms with Crippen LogP contribution in [0.5, 0.6) is 0 Å². The van der Waals surface area contributed by atoms with Gasteiger partial charge in [-0.25, -0.2) is 8.42 Å². The molecule has 0 aromatic rings. The van der Waals surface area contributed by atoms with Crippen LogP contribution in [0.15, 0.2) is 10.5 Å². The van der Waals surface area contributed by atoms with Crippen LogP contribution in [0.3, 0.4) is 0 Å². The summed E-state index contributed by atoms with van der Waals surface area (Å²) in [6.07, 6.45) is 0.913. The van der Waals surface area contributed by atoms with Gasteiger partial charge in [0.15, 0.2) is 0 Å². The molecule has 0 aromatic carbocycles. The Morgan fingerprint density at radius 2 is 1.85 bits per heavy atom. The Labute approximate surface area is 86.3 Å². The molecule has 0 N–H and O–H groups in total. The first-order valence-corrected chi connectivity index (χ1v) is 6.55. The molecular formula is C7H12AlNO3S. The van der Waals surface area contributed by atoms with Crippen LogP contribution in [0.4, 0.5) is 0 Å². The van der Waals surface area contributed by atoms with Crippen LogP contribution in [-0.2, 0) is 14.8 Å². The molecule has 0 saturated carbocycles. The molecule has 13 heavy (non-hydrogen) atoms. The number of carbonyl (C=O) groups is 1. The van der Waals surface area contributed by atoms with Crippen molar-refractivity contribution in [2.75, 3.05) is 0 Å². The van der Waals surface area contributed by atoms with Gasteiger partial charge in [-0.3, -0.25) is 4.79 Å². The van der Waals surface area contributed by atoms with Crippen LogP contribution in [0.1, 0.15) is 26.7 Å². The van der Waals surface area contributed by atoms with Gasteiger partial charge in [-0.1, -0.05) is 13.8 Å². The van der Waals surface area contributed by atoms with Crippen molar-refractivity contribution in [2.45, 2.75) is 26.7 Å². The molecule has 0 saturated heterocycles. The lowest BCUT2D eigenvalue weighted by atomic mass is 10.1. The van der Waals surface area contributed by atoms with E-state index < -0.39 is 10.0 Å². The Hall–Kier alpha value is -0.308. The van der Waals surface area contributed by atoms with Crippen LogP contribution in [0, 0.1) is 0 Å². The van der Waals surface area contributed by atoms with Gasteiger partial charge in [-0.2, -0.15) is 0 Å². The summed E-state index contributed by atoms with van der Waals surface area (Å²) in [5.41, 5.74) is 0.470. The average molecular weight is 217 g/mol. The van der Waals surface area contributed by atoms with E-state index in [1.165, 1.54) is 0 Å². The second-order valence-electron chi connectivity index (χ2n) is 2.89. The molecule has 0 spiro atoms. The fourth-order valence-electron chi connectivity index (χ4n) is 1.48. The second-order valence-corrected chi connectivity index (χ2v) is 6.42. The van der Waals surface area contributed by atoms with Crippen molar-refractivity contribution >= 4 is 32.4 Å². The van der Waals surface area contributed by atoms with Gasteiger partial charge >= 0.3 is 16.5 Å². The Balaban J connectivity index is 3.36. The summed E-state index contributed by atoms with van der Waals surface area (Å²) in [4.78, 5) is 11.8. The quantitative estimate of drug-likeness (QED) is 0.601. The number of nitrogens with zero attached hydrogens (tertiary/aromatic N) is 1. The number of amides is 1. The third-order valence-electron chi connectivity index (χ3n) is 2.23. The van der Waals surface area contributed by atoms with Crippen molar-refractivity contribution < 1.29 is 13.2 Å². The van der Waals surface area contributed by atoms with E-state index in [9.17, 15) is 13.2 Å². The van der Waals surface area contributed by atoms with E-state index in [1.807, 2.05) is 0 Å². The largest absolute Gasteiger partial charge is 0.392 e. The van der Waals surface area contributed by atoms with Crippen molar-refractivity contribution in [1.82, 2.24) is 3.29 Å². The minimum absolute atomic E-state index is 0.235. The summed E-state index contributed by atoms with van der Waals surface area (Å²) in [7, 11) is -3.40. The summed E-state index contributed by atoms with van der Waals surface area (Å²) in [6.45, 7) is 3.57. The first kappa shape index (κ1) is 10.8. The molecule has 0 aromatic heterocycles. The monoisotopic (exact) mass is 217 g/mol. The standard InChI is InChI=1S/C7H11NO3S.Al.2H/c1-3-5-6(4-2)12(10,11)8-7(5)9;;;/h3-4H2,1-2H3,(H,8,9);;;/q;+1;;/p-1. The zero-order valence-electron chi connectivity index (χ0n) is 7.99. The molecule has 1 aliphatic rings. The number of hydrogen-bond donors (Lipinski definition) is 0. The van der Waals surface area contributed by atoms with Gasteiger partial charge in [-0.15, -0.1) is 0 Å². The molecule has 72 valence electrons. The predicted molar refractivity (Wildman–Crippen MR) is 51.9 cm³/mol. The lowest BCUT2D eigenvalue weighted by Gasteiger charge is -2.10. The van der Waals surface area contributed by atoms with E-state index in [4.69, 9.17) is 0 Å². The fraction of sp³-hybridized carbons (Fsp3) is 0.571. The van der Waals surface area contributed by atoms with Crippen molar-refractivity contribution in [3.63, 3.8) is 0 Å². The highest BCUT2D eigenvalue weighted by Gasteiger charge is 2.37. The number of hydrogen-bond acceptors (Lipinski definition) is 3. The van der Waals surface area contributed by atoms with Crippen LogP contribution >= 0.6 is 0 Å². The first-order valence-electron chi connectivity index (χ1n) is 4.22. The van der Waals surface area contributed by atoms with Crippen molar-refractivity contribution in [1.29, 1.82) is 0 Å². The zero-order chi connectivity index (χ0) is 10.2. The summed E-state index contributed by atoms with van der Waals surface area (Å²) in [6, 6.07) is 0. The summed E-state index contributed by atoms with van der Waals surface area (Å²) >= 11 is 0.235. The van der Waals surface area contributed by atoms with Crippen molar-refractivity contribution in [3.8, 4) is 0 Å². The number of allylic oxidation sites excluding steroid dienone is 1. The Kier molecular flexibility index (Phi) is 2.86. The third kappa shape index (κ3) is 1.43. The summed E-state index contributed by atoms with van der Waals surface area (Å²) in [5.74, 6) is -0.314. The normalized spacial score (nSPS) is 21.4. The molecule has 0 atom stereocenters. The highest BCUT2D eigenvalue weighted by Crippen LogP contribution is 2.29. The number of carbonyl (C=O) groups excluding carboxylic acids is 1. The Morgan fingerprint density at radius 1 is 1.31 bits per heavy atom. The van der Waals surface area contributed by atoms with Crippen molar-refractivity contribution in [2.24, 2.45) is 0 Å². The molecule has 1 amide bonds. The van der Waals surface area contributed by atoms with Crippen LogP contribution in [0.25, 0.3) is 0 Å². The topological polar surface area (TPSA) is 54.5 Å². The maximum atomic E-state index is 11.6. The van der Waals surface area contributed by atoms with E-state index >= 15 is 0 Å². The van der Waals surface area contributed by atoms with E-state index in [0.717, 1.165) is 3.29 Å². The second kappa shape index (κ2) is 3.45. The van der Waals surface area contributed by atoms with E-state index in [0.29, 0.717) is 23.3 Å². The maximum Gasteiger partial charge on any atom is 0.392 e. The molecule has 6 heteroatoms. The summed E-state index contributed by atoms with van der Waals surface area (Å²) in [5, 5.41) is 0. The summed E-state index contributed by atoms with van der Waals surface area (Å²) < 4.78 is 24.1. The number of sulfonamides is 1. The molecule has 1 aliphatic heterocycles. The molecule has 0 unspecified atom stereocenters. The van der Waals surface area contributed by atoms with Gasteiger partial charge in [0.25, 0.3) is 0 Å². The lowest BCUT2D eigenvalue weighted by Crippen LogP contribution is -2.28. The molecule has 0 aliphatic carbocycles. The Bertz CT molecular complexity index is 371. The average Bonchev–Trinajstić information content (AvgIpc) is 2.25. The van der Waals surface area contributed by atoms with E-state index in [2.05, 4.69) is 0 Å². The van der Waals surface area contributed by atoms with Crippen LogP contribution < -0.4 is 0 Å². The highest BCUT2D eigenvalue weighted by molar-refractivity contribution is 7.94. The van der Waals surface area contributed by atoms with Crippen LogP contribution in [0.2, 0.25) is 0 Å². The van der Waals surface area contributed by atoms with Gasteiger partial charge in [0, 0.05) is 5.57 Å². The molecule has 0 radical (unpaired) electrons. The minimum atomic E-state index is -3.40. The Morgan fingerprint density at radius 3 is 2.15 bits per heavy atom. The van der Waals surface area contributed by atoms with Crippen LogP contribution in [-0.4, -0.2) is 34.1 Å². The maximum absolute atomic E-state index is 11.6. The molecular weight excluding hydrogens is 205 g/mol. The van der Waals surface area contributed by atoms with Gasteiger partial charge in [0.2, 0.25) is 15.9 Å². The smallest absolute Gasteiger partial charge is 0.337 e. The highest BCUT2D eigenvalue weighted by atomic mass is 32.2. The van der Waals surface area contributed by atoms with Gasteiger partial charge < -0.3 is 3.29 Å². The molecule has 0 fully saturated rings. The van der Waals surface area contributed by atoms with E-state index in [-0.39, 0.29) is 22.4 Å². The SMILES string of the molecule is CCC1=C(CC)S(=O)(=O)[N]([AlH2])C1=O. The van der Waals surface area contributed by atoms with Gasteiger partial charge in [0.05, 0.1) is 4.91 Å². The van der Waals surface area contributed by atoms with Gasteiger partial charge in [-0.05, 0) is 12.8 Å². The zero-order valence-corrected chi connectivity index (χ0v) is 10.8. The fourth-order valence-corrected chi connectivity index (χ4v) is 3.98. The molecule has 1 heterocycles. The molecule has 4 nitrogen and oxygen atoms in total. The first-order chi connectivity index (χ1) is 5.96. The third-order valence-corrected chi connectivity index (χ3v) is 6.12. The van der Waals surface area contributed by atoms with Gasteiger partial charge in [0.1, 0.15) is 0 Å². The number of rotatable bonds is 2. The molecule has 1 rings (SSSR count). The lowest BCUT2D eigenvalue weighted by molar-refractivity contribution is -0.119. The minimum Gasteiger partial charge on any atom is -0.337 e. The van der Waals surface area contributed by atoms with E-state index in [1.54, 1.807) is 13.8 Å². The molecule has 0 bridgehead atoms. The predicted octanol–water partition coefficient (Wildman–Crippen LogP) is -0.219.